The van der Waals surface area contributed by atoms with Gasteiger partial charge in [-0.3, -0.25) is 4.79 Å². The number of ether oxygens (including phenoxy) is 2. The number of aromatic amines is 1. The van der Waals surface area contributed by atoms with E-state index >= 15 is 0 Å². The van der Waals surface area contributed by atoms with Crippen LogP contribution < -0.4 is 14.8 Å². The molecule has 1 amide bonds. The number of nitrogens with one attached hydrogen (secondary N) is 2. The number of aromatic nitrogens is 3. The molecule has 0 bridgehead atoms. The average molecular weight is 444 g/mol. The van der Waals surface area contributed by atoms with Gasteiger partial charge in [0.15, 0.2) is 0 Å². The molecule has 33 heavy (non-hydrogen) atoms. The van der Waals surface area contributed by atoms with Crippen molar-refractivity contribution in [2.75, 3.05) is 11.9 Å². The fraction of sp³-hybridized carbons (Fsp3) is 0.240. The van der Waals surface area contributed by atoms with Crippen molar-refractivity contribution < 1.29 is 18.7 Å². The summed E-state index contributed by atoms with van der Waals surface area (Å²) in [7, 11) is 0. The van der Waals surface area contributed by atoms with Crippen LogP contribution >= 0.6 is 0 Å². The summed E-state index contributed by atoms with van der Waals surface area (Å²) in [5, 5.41) is 2.79. The molecule has 2 aliphatic rings. The Morgan fingerprint density at radius 1 is 1.18 bits per heavy atom. The summed E-state index contributed by atoms with van der Waals surface area (Å²) < 4.78 is 26.1. The number of amides is 1. The number of benzene rings is 2. The summed E-state index contributed by atoms with van der Waals surface area (Å²) in [4.78, 5) is 23.8. The summed E-state index contributed by atoms with van der Waals surface area (Å²) in [6, 6.07) is 10.8. The number of anilines is 1. The highest BCUT2D eigenvalue weighted by Crippen LogP contribution is 2.37. The Hall–Kier alpha value is -3.94. The van der Waals surface area contributed by atoms with Crippen LogP contribution in [0.4, 0.5) is 10.2 Å². The molecule has 0 radical (unpaired) electrons. The number of hydrogen-bond acceptors (Lipinski definition) is 5. The summed E-state index contributed by atoms with van der Waals surface area (Å²) in [6.07, 6.45) is 3.35. The zero-order chi connectivity index (χ0) is 22.5. The van der Waals surface area contributed by atoms with Gasteiger partial charge in [-0.25, -0.2) is 14.4 Å². The molecule has 0 saturated heterocycles. The van der Waals surface area contributed by atoms with Gasteiger partial charge in [0, 0.05) is 24.2 Å². The summed E-state index contributed by atoms with van der Waals surface area (Å²) in [6.45, 7) is 2.23. The predicted molar refractivity (Wildman–Crippen MR) is 120 cm³/mol. The van der Waals surface area contributed by atoms with Crippen LogP contribution in [-0.4, -0.2) is 27.5 Å². The summed E-state index contributed by atoms with van der Waals surface area (Å²) >= 11 is 0. The second-order valence-electron chi connectivity index (χ2n) is 8.51. The van der Waals surface area contributed by atoms with Gasteiger partial charge in [0.25, 0.3) is 0 Å². The quantitative estimate of drug-likeness (QED) is 0.474. The maximum Gasteiger partial charge on any atom is 0.225 e. The maximum atomic E-state index is 13.9. The van der Waals surface area contributed by atoms with Crippen LogP contribution in [0, 0.1) is 12.7 Å². The van der Waals surface area contributed by atoms with Crippen molar-refractivity contribution >= 4 is 22.8 Å². The summed E-state index contributed by atoms with van der Waals surface area (Å²) in [5.74, 6) is 3.26. The fourth-order valence-electron chi connectivity index (χ4n) is 4.44. The van der Waals surface area contributed by atoms with Gasteiger partial charge < -0.3 is 19.8 Å². The molecule has 2 aromatic carbocycles. The van der Waals surface area contributed by atoms with Crippen LogP contribution in [0.2, 0.25) is 0 Å². The molecule has 166 valence electrons. The van der Waals surface area contributed by atoms with E-state index in [0.29, 0.717) is 47.8 Å². The Bertz CT molecular complexity index is 1380. The van der Waals surface area contributed by atoms with E-state index in [1.165, 1.54) is 6.07 Å². The first-order valence-corrected chi connectivity index (χ1v) is 10.9. The lowest BCUT2D eigenvalue weighted by Crippen LogP contribution is -2.20. The predicted octanol–water partition coefficient (Wildman–Crippen LogP) is 4.80. The standard InChI is InChI=1S/C25H21FN4O3/c1-13-8-19-20(11-18(13)26)29-24(28-19)15-9-14-10-16(2-4-21(14)32-12-15)33-22-6-7-27-25-17(22)3-5-23(31)30-25/h2,4,6-8,10-11,15H,3,5,9,12H2,1H3,(H,28,29)(H,27,30,31). The Morgan fingerprint density at radius 3 is 3.00 bits per heavy atom. The molecule has 1 atom stereocenters. The molecule has 2 aliphatic heterocycles. The van der Waals surface area contributed by atoms with Crippen LogP contribution in [0.1, 0.15) is 34.9 Å². The zero-order valence-electron chi connectivity index (χ0n) is 17.9. The molecule has 0 saturated carbocycles. The monoisotopic (exact) mass is 444 g/mol. The van der Waals surface area contributed by atoms with E-state index in [1.54, 1.807) is 19.2 Å². The first kappa shape index (κ1) is 19.7. The second-order valence-corrected chi connectivity index (χ2v) is 8.51. The molecule has 2 aromatic heterocycles. The number of aryl methyl sites for hydroxylation is 1. The third kappa shape index (κ3) is 3.57. The Labute approximate surface area is 189 Å². The van der Waals surface area contributed by atoms with Crippen LogP contribution in [0.15, 0.2) is 42.6 Å². The van der Waals surface area contributed by atoms with E-state index in [4.69, 9.17) is 9.47 Å². The molecule has 8 heteroatoms. The number of carbonyl (C=O) groups is 1. The fourth-order valence-corrected chi connectivity index (χ4v) is 4.44. The number of pyridine rings is 1. The third-order valence-electron chi connectivity index (χ3n) is 6.21. The molecule has 6 rings (SSSR count). The van der Waals surface area contributed by atoms with E-state index in [1.807, 2.05) is 24.3 Å². The molecule has 4 heterocycles. The number of hydrogen-bond donors (Lipinski definition) is 2. The number of carbonyl (C=O) groups excluding carboxylic acids is 1. The minimum Gasteiger partial charge on any atom is -0.493 e. The Kier molecular flexibility index (Phi) is 4.53. The lowest BCUT2D eigenvalue weighted by molar-refractivity contribution is -0.116. The highest BCUT2D eigenvalue weighted by molar-refractivity contribution is 5.93. The zero-order valence-corrected chi connectivity index (χ0v) is 17.9. The SMILES string of the molecule is Cc1cc2[nH]c(C3COc4ccc(Oc5ccnc6c5CCC(=O)N6)cc4C3)nc2cc1F. The number of halogens is 1. The highest BCUT2D eigenvalue weighted by atomic mass is 19.1. The second kappa shape index (κ2) is 7.58. The van der Waals surface area contributed by atoms with E-state index < -0.39 is 0 Å². The lowest BCUT2D eigenvalue weighted by atomic mass is 9.96. The molecule has 1 unspecified atom stereocenters. The number of rotatable bonds is 3. The van der Waals surface area contributed by atoms with Crippen molar-refractivity contribution in [1.29, 1.82) is 0 Å². The van der Waals surface area contributed by atoms with Crippen molar-refractivity contribution in [1.82, 2.24) is 15.0 Å². The minimum absolute atomic E-state index is 0.0208. The van der Waals surface area contributed by atoms with Crippen molar-refractivity contribution in [3.05, 3.63) is 70.9 Å². The lowest BCUT2D eigenvalue weighted by Gasteiger charge is -2.25. The molecule has 7 nitrogen and oxygen atoms in total. The van der Waals surface area contributed by atoms with Gasteiger partial charge in [-0.05, 0) is 61.2 Å². The van der Waals surface area contributed by atoms with Gasteiger partial charge in [-0.2, -0.15) is 0 Å². The van der Waals surface area contributed by atoms with E-state index in [0.717, 1.165) is 34.6 Å². The number of nitrogens with zero attached hydrogens (tertiary/aromatic N) is 2. The normalized spacial score (nSPS) is 17.2. The number of imidazole rings is 1. The minimum atomic E-state index is -0.259. The molecular weight excluding hydrogens is 423 g/mol. The molecular formula is C25H21FN4O3. The first-order valence-electron chi connectivity index (χ1n) is 10.9. The van der Waals surface area contributed by atoms with Crippen LogP contribution in [0.3, 0.4) is 0 Å². The topological polar surface area (TPSA) is 89.1 Å². The first-order chi connectivity index (χ1) is 16.0. The molecule has 0 spiro atoms. The molecule has 0 fully saturated rings. The van der Waals surface area contributed by atoms with Crippen LogP contribution in [0.5, 0.6) is 17.2 Å². The van der Waals surface area contributed by atoms with Crippen molar-refractivity contribution in [3.8, 4) is 17.2 Å². The number of fused-ring (bicyclic) bond motifs is 3. The summed E-state index contributed by atoms with van der Waals surface area (Å²) in [5.41, 5.74) is 3.94. The third-order valence-corrected chi connectivity index (χ3v) is 6.21. The van der Waals surface area contributed by atoms with Crippen LogP contribution in [0.25, 0.3) is 11.0 Å². The van der Waals surface area contributed by atoms with E-state index in [2.05, 4.69) is 20.3 Å². The van der Waals surface area contributed by atoms with E-state index in [-0.39, 0.29) is 17.6 Å². The molecule has 4 aromatic rings. The van der Waals surface area contributed by atoms with Crippen molar-refractivity contribution in [2.45, 2.75) is 32.1 Å². The van der Waals surface area contributed by atoms with Gasteiger partial charge in [0.05, 0.1) is 23.6 Å². The van der Waals surface area contributed by atoms with Gasteiger partial charge in [-0.15, -0.1) is 0 Å². The average Bonchev–Trinajstić information content (AvgIpc) is 3.21. The van der Waals surface area contributed by atoms with Gasteiger partial charge in [0.2, 0.25) is 5.91 Å². The molecule has 0 aliphatic carbocycles. The number of H-pyrrole nitrogens is 1. The van der Waals surface area contributed by atoms with Crippen molar-refractivity contribution in [2.24, 2.45) is 0 Å². The van der Waals surface area contributed by atoms with Crippen LogP contribution in [-0.2, 0) is 17.6 Å². The van der Waals surface area contributed by atoms with Crippen molar-refractivity contribution in [3.63, 3.8) is 0 Å². The highest BCUT2D eigenvalue weighted by Gasteiger charge is 2.25. The van der Waals surface area contributed by atoms with Gasteiger partial charge in [0.1, 0.15) is 34.7 Å². The largest absolute Gasteiger partial charge is 0.493 e. The van der Waals surface area contributed by atoms with Gasteiger partial charge in [-0.1, -0.05) is 0 Å². The van der Waals surface area contributed by atoms with Gasteiger partial charge >= 0.3 is 0 Å². The maximum absolute atomic E-state index is 13.9. The Balaban J connectivity index is 1.26. The Morgan fingerprint density at radius 2 is 2.09 bits per heavy atom. The molecule has 2 N–H and O–H groups in total. The smallest absolute Gasteiger partial charge is 0.225 e. The van der Waals surface area contributed by atoms with E-state index in [9.17, 15) is 9.18 Å².